The van der Waals surface area contributed by atoms with Crippen molar-refractivity contribution in [2.24, 2.45) is 5.92 Å². The van der Waals surface area contributed by atoms with Gasteiger partial charge in [0.15, 0.2) is 0 Å². The zero-order valence-electron chi connectivity index (χ0n) is 13.0. The van der Waals surface area contributed by atoms with Crippen LogP contribution in [0.4, 0.5) is 0 Å². The van der Waals surface area contributed by atoms with Crippen LogP contribution in [0.25, 0.3) is 0 Å². The normalized spacial score (nSPS) is 22.7. The summed E-state index contributed by atoms with van der Waals surface area (Å²) in [6.45, 7) is 6.03. The molecular formula is C18H29NO. The first-order valence-electron chi connectivity index (χ1n) is 8.27. The van der Waals surface area contributed by atoms with Gasteiger partial charge >= 0.3 is 0 Å². The van der Waals surface area contributed by atoms with Crippen LogP contribution in [-0.2, 0) is 6.54 Å². The van der Waals surface area contributed by atoms with Crippen molar-refractivity contribution >= 4 is 0 Å². The minimum Gasteiger partial charge on any atom is -0.494 e. The fourth-order valence-electron chi connectivity index (χ4n) is 3.24. The SMILES string of the molecule is CCCC1CCC(NCc2cccc(OCC)c2)CC1. The molecule has 1 aromatic carbocycles. The van der Waals surface area contributed by atoms with Gasteiger partial charge < -0.3 is 10.1 Å². The third-order valence-corrected chi connectivity index (χ3v) is 4.35. The Balaban J connectivity index is 1.74. The van der Waals surface area contributed by atoms with Crippen molar-refractivity contribution in [1.29, 1.82) is 0 Å². The van der Waals surface area contributed by atoms with Gasteiger partial charge in [-0.15, -0.1) is 0 Å². The van der Waals surface area contributed by atoms with E-state index >= 15 is 0 Å². The third kappa shape index (κ3) is 4.82. The molecule has 0 unspecified atom stereocenters. The van der Waals surface area contributed by atoms with Crippen molar-refractivity contribution in [2.45, 2.75) is 65.0 Å². The van der Waals surface area contributed by atoms with Crippen LogP contribution in [0.1, 0.15) is 57.9 Å². The van der Waals surface area contributed by atoms with Gasteiger partial charge in [-0.2, -0.15) is 0 Å². The fraction of sp³-hybridized carbons (Fsp3) is 0.667. The van der Waals surface area contributed by atoms with Gasteiger partial charge in [0.1, 0.15) is 5.75 Å². The minimum absolute atomic E-state index is 0.707. The van der Waals surface area contributed by atoms with Crippen LogP contribution >= 0.6 is 0 Å². The second kappa shape index (κ2) is 8.31. The smallest absolute Gasteiger partial charge is 0.119 e. The molecule has 112 valence electrons. The molecule has 1 N–H and O–H groups in total. The molecule has 2 heteroatoms. The Kier molecular flexibility index (Phi) is 6.38. The molecule has 0 atom stereocenters. The quantitative estimate of drug-likeness (QED) is 0.789. The Morgan fingerprint density at radius 1 is 1.15 bits per heavy atom. The predicted octanol–water partition coefficient (Wildman–Crippen LogP) is 4.53. The summed E-state index contributed by atoms with van der Waals surface area (Å²) in [4.78, 5) is 0. The number of benzene rings is 1. The molecule has 1 aliphatic carbocycles. The lowest BCUT2D eigenvalue weighted by molar-refractivity contribution is 0.277. The Bertz CT molecular complexity index is 383. The van der Waals surface area contributed by atoms with Gasteiger partial charge in [0.2, 0.25) is 0 Å². The number of ether oxygens (including phenoxy) is 1. The average molecular weight is 275 g/mol. The van der Waals surface area contributed by atoms with Crippen LogP contribution in [0.5, 0.6) is 5.75 Å². The second-order valence-electron chi connectivity index (χ2n) is 5.97. The molecule has 0 amide bonds. The lowest BCUT2D eigenvalue weighted by atomic mass is 9.83. The Morgan fingerprint density at radius 2 is 1.95 bits per heavy atom. The van der Waals surface area contributed by atoms with Gasteiger partial charge in [-0.1, -0.05) is 31.9 Å². The van der Waals surface area contributed by atoms with Crippen molar-refractivity contribution in [3.63, 3.8) is 0 Å². The molecule has 0 bridgehead atoms. The predicted molar refractivity (Wildman–Crippen MR) is 85.1 cm³/mol. The van der Waals surface area contributed by atoms with E-state index in [-0.39, 0.29) is 0 Å². The maximum Gasteiger partial charge on any atom is 0.119 e. The van der Waals surface area contributed by atoms with E-state index in [1.807, 2.05) is 13.0 Å². The van der Waals surface area contributed by atoms with E-state index in [2.05, 4.69) is 30.4 Å². The first-order chi connectivity index (χ1) is 9.81. The summed E-state index contributed by atoms with van der Waals surface area (Å²) in [5, 5.41) is 3.71. The molecule has 1 fully saturated rings. The number of nitrogens with one attached hydrogen (secondary N) is 1. The molecule has 0 spiro atoms. The van der Waals surface area contributed by atoms with Crippen LogP contribution in [0.3, 0.4) is 0 Å². The number of hydrogen-bond acceptors (Lipinski definition) is 2. The number of hydrogen-bond donors (Lipinski definition) is 1. The van der Waals surface area contributed by atoms with Gasteiger partial charge in [-0.05, 0) is 56.2 Å². The van der Waals surface area contributed by atoms with Crippen molar-refractivity contribution in [3.05, 3.63) is 29.8 Å². The highest BCUT2D eigenvalue weighted by molar-refractivity contribution is 5.28. The van der Waals surface area contributed by atoms with E-state index in [9.17, 15) is 0 Å². The van der Waals surface area contributed by atoms with E-state index in [1.54, 1.807) is 0 Å². The van der Waals surface area contributed by atoms with Crippen LogP contribution < -0.4 is 10.1 Å². The van der Waals surface area contributed by atoms with Crippen LogP contribution in [0, 0.1) is 5.92 Å². The Hall–Kier alpha value is -1.02. The number of rotatable bonds is 7. The molecule has 0 radical (unpaired) electrons. The van der Waals surface area contributed by atoms with Crippen LogP contribution in [-0.4, -0.2) is 12.6 Å². The van der Waals surface area contributed by atoms with E-state index in [0.29, 0.717) is 6.04 Å². The Labute approximate surface area is 123 Å². The summed E-state index contributed by atoms with van der Waals surface area (Å²) in [6, 6.07) is 9.15. The Morgan fingerprint density at radius 3 is 2.65 bits per heavy atom. The molecule has 2 rings (SSSR count). The monoisotopic (exact) mass is 275 g/mol. The zero-order valence-corrected chi connectivity index (χ0v) is 13.0. The van der Waals surface area contributed by atoms with Gasteiger partial charge in [0.25, 0.3) is 0 Å². The highest BCUT2D eigenvalue weighted by Crippen LogP contribution is 2.27. The zero-order chi connectivity index (χ0) is 14.2. The highest BCUT2D eigenvalue weighted by Gasteiger charge is 2.19. The first kappa shape index (κ1) is 15.4. The van der Waals surface area contributed by atoms with Gasteiger partial charge in [-0.3, -0.25) is 0 Å². The molecule has 1 aromatic rings. The summed E-state index contributed by atoms with van der Waals surface area (Å²) in [5.74, 6) is 1.97. The molecule has 0 aliphatic heterocycles. The van der Waals surface area contributed by atoms with Gasteiger partial charge in [0.05, 0.1) is 6.61 Å². The lowest BCUT2D eigenvalue weighted by Crippen LogP contribution is -2.32. The van der Waals surface area contributed by atoms with Crippen molar-refractivity contribution in [1.82, 2.24) is 5.32 Å². The largest absolute Gasteiger partial charge is 0.494 e. The highest BCUT2D eigenvalue weighted by atomic mass is 16.5. The van der Waals surface area contributed by atoms with Crippen LogP contribution in [0.2, 0.25) is 0 Å². The molecule has 2 nitrogen and oxygen atoms in total. The standard InChI is InChI=1S/C18H29NO/c1-3-6-15-9-11-17(12-10-15)19-14-16-7-5-8-18(13-16)20-4-2/h5,7-8,13,15,17,19H,3-4,6,9-12,14H2,1-2H3. The van der Waals surface area contributed by atoms with E-state index < -0.39 is 0 Å². The summed E-state index contributed by atoms with van der Waals surface area (Å²) in [5.41, 5.74) is 1.33. The minimum atomic E-state index is 0.707. The second-order valence-corrected chi connectivity index (χ2v) is 5.97. The molecule has 0 saturated heterocycles. The summed E-state index contributed by atoms with van der Waals surface area (Å²) < 4.78 is 5.55. The van der Waals surface area contributed by atoms with Crippen molar-refractivity contribution in [3.8, 4) is 5.75 Å². The van der Waals surface area contributed by atoms with Crippen LogP contribution in [0.15, 0.2) is 24.3 Å². The molecule has 0 heterocycles. The topological polar surface area (TPSA) is 21.3 Å². The van der Waals surface area contributed by atoms with Gasteiger partial charge in [-0.25, -0.2) is 0 Å². The summed E-state index contributed by atoms with van der Waals surface area (Å²) >= 11 is 0. The summed E-state index contributed by atoms with van der Waals surface area (Å²) in [6.07, 6.45) is 8.26. The van der Waals surface area contributed by atoms with E-state index in [0.717, 1.165) is 24.8 Å². The fourth-order valence-corrected chi connectivity index (χ4v) is 3.24. The molecule has 1 aliphatic rings. The van der Waals surface area contributed by atoms with E-state index in [4.69, 9.17) is 4.74 Å². The molecule has 1 saturated carbocycles. The van der Waals surface area contributed by atoms with Crippen molar-refractivity contribution in [2.75, 3.05) is 6.61 Å². The van der Waals surface area contributed by atoms with Crippen molar-refractivity contribution < 1.29 is 4.74 Å². The first-order valence-corrected chi connectivity index (χ1v) is 8.27. The maximum atomic E-state index is 5.55. The summed E-state index contributed by atoms with van der Waals surface area (Å²) in [7, 11) is 0. The maximum absolute atomic E-state index is 5.55. The van der Waals surface area contributed by atoms with E-state index in [1.165, 1.54) is 44.1 Å². The average Bonchev–Trinajstić information content (AvgIpc) is 2.48. The molecular weight excluding hydrogens is 246 g/mol. The molecule has 0 aromatic heterocycles. The lowest BCUT2D eigenvalue weighted by Gasteiger charge is -2.29. The van der Waals surface area contributed by atoms with Gasteiger partial charge in [0, 0.05) is 12.6 Å². The third-order valence-electron chi connectivity index (χ3n) is 4.35. The molecule has 20 heavy (non-hydrogen) atoms.